The Labute approximate surface area is 70.7 Å². The summed E-state index contributed by atoms with van der Waals surface area (Å²) < 4.78 is 0. The van der Waals surface area contributed by atoms with Gasteiger partial charge in [0.1, 0.15) is 0 Å². The molecular formula is C11H20. The smallest absolute Gasteiger partial charge is 0.0294 e. The van der Waals surface area contributed by atoms with Crippen molar-refractivity contribution in [2.24, 2.45) is 17.8 Å². The molecule has 0 unspecified atom stereocenters. The Bertz CT molecular complexity index is 153. The largest absolute Gasteiger partial charge is 0.0853 e. The topological polar surface area (TPSA) is 0 Å². The first-order chi connectivity index (χ1) is 5.11. The van der Waals surface area contributed by atoms with Crippen molar-refractivity contribution < 1.29 is 0 Å². The molecule has 0 saturated heterocycles. The summed E-state index contributed by atoms with van der Waals surface area (Å²) in [7, 11) is 0. The Hall–Kier alpha value is -0.260. The normalized spacial score (nSPS) is 32.3. The van der Waals surface area contributed by atoms with Gasteiger partial charge in [0.15, 0.2) is 0 Å². The second-order valence-electron chi connectivity index (χ2n) is 4.38. The average Bonchev–Trinajstić information content (AvgIpc) is 1.85. The van der Waals surface area contributed by atoms with Crippen molar-refractivity contribution in [1.29, 1.82) is 0 Å². The number of hydrogen-bond acceptors (Lipinski definition) is 0. The molecule has 0 heterocycles. The van der Waals surface area contributed by atoms with E-state index in [1.165, 1.54) is 12.8 Å². The van der Waals surface area contributed by atoms with Gasteiger partial charge in [0.05, 0.1) is 0 Å². The van der Waals surface area contributed by atoms with Gasteiger partial charge in [-0.05, 0) is 37.5 Å². The van der Waals surface area contributed by atoms with Gasteiger partial charge in [-0.15, -0.1) is 0 Å². The lowest BCUT2D eigenvalue weighted by Gasteiger charge is -2.30. The number of hydrogen-bond donors (Lipinski definition) is 0. The predicted octanol–water partition coefficient (Wildman–Crippen LogP) is 3.63. The highest BCUT2D eigenvalue weighted by atomic mass is 14.3. The van der Waals surface area contributed by atoms with Crippen LogP contribution in [0.5, 0.6) is 0 Å². The van der Waals surface area contributed by atoms with Crippen molar-refractivity contribution in [2.75, 3.05) is 0 Å². The van der Waals surface area contributed by atoms with Crippen LogP contribution in [0.1, 0.15) is 40.5 Å². The molecule has 0 aromatic heterocycles. The first-order valence-electron chi connectivity index (χ1n) is 4.77. The van der Waals surface area contributed by atoms with E-state index < -0.39 is 0 Å². The van der Waals surface area contributed by atoms with Crippen molar-refractivity contribution in [3.8, 4) is 0 Å². The van der Waals surface area contributed by atoms with Crippen LogP contribution in [-0.2, 0) is 0 Å². The van der Waals surface area contributed by atoms with E-state index in [-0.39, 0.29) is 0 Å². The van der Waals surface area contributed by atoms with Crippen molar-refractivity contribution in [1.82, 2.24) is 0 Å². The molecule has 2 atom stereocenters. The fourth-order valence-corrected chi connectivity index (χ4v) is 2.24. The highest BCUT2D eigenvalue weighted by Gasteiger charge is 2.22. The minimum absolute atomic E-state index is 0.856. The molecule has 0 heteroatoms. The van der Waals surface area contributed by atoms with Gasteiger partial charge in [-0.1, -0.05) is 32.4 Å². The van der Waals surface area contributed by atoms with E-state index in [0.717, 1.165) is 17.8 Å². The standard InChI is InChI=1S/C11H20/c1-8(2)11-6-5-9(3)7-10(11)4/h5,8,10-11H,6-7H2,1-4H3/t10-,11-/m0/s1. The Morgan fingerprint density at radius 2 is 2.09 bits per heavy atom. The van der Waals surface area contributed by atoms with Crippen molar-refractivity contribution in [3.05, 3.63) is 11.6 Å². The van der Waals surface area contributed by atoms with Gasteiger partial charge < -0.3 is 0 Å². The van der Waals surface area contributed by atoms with Crippen LogP contribution in [0.15, 0.2) is 11.6 Å². The molecule has 0 aromatic carbocycles. The zero-order valence-electron chi connectivity index (χ0n) is 8.22. The fourth-order valence-electron chi connectivity index (χ4n) is 2.24. The lowest BCUT2D eigenvalue weighted by atomic mass is 9.75. The van der Waals surface area contributed by atoms with Crippen LogP contribution < -0.4 is 0 Å². The van der Waals surface area contributed by atoms with Crippen LogP contribution in [0.3, 0.4) is 0 Å². The summed E-state index contributed by atoms with van der Waals surface area (Å²) in [5.74, 6) is 2.69. The molecule has 0 fully saturated rings. The summed E-state index contributed by atoms with van der Waals surface area (Å²) in [4.78, 5) is 0. The summed E-state index contributed by atoms with van der Waals surface area (Å²) >= 11 is 0. The third kappa shape index (κ3) is 2.08. The first kappa shape index (κ1) is 8.83. The molecule has 0 aromatic rings. The van der Waals surface area contributed by atoms with Gasteiger partial charge in [-0.2, -0.15) is 0 Å². The fraction of sp³-hybridized carbons (Fsp3) is 0.818. The Morgan fingerprint density at radius 3 is 2.55 bits per heavy atom. The van der Waals surface area contributed by atoms with Crippen LogP contribution >= 0.6 is 0 Å². The summed E-state index contributed by atoms with van der Waals surface area (Å²) in [5.41, 5.74) is 1.59. The maximum Gasteiger partial charge on any atom is -0.0294 e. The molecule has 1 aliphatic rings. The van der Waals surface area contributed by atoms with E-state index in [9.17, 15) is 0 Å². The molecule has 0 bridgehead atoms. The second kappa shape index (κ2) is 3.42. The van der Waals surface area contributed by atoms with E-state index in [1.54, 1.807) is 5.57 Å². The molecule has 0 N–H and O–H groups in total. The zero-order valence-corrected chi connectivity index (χ0v) is 8.22. The lowest BCUT2D eigenvalue weighted by molar-refractivity contribution is 0.259. The molecular weight excluding hydrogens is 132 g/mol. The van der Waals surface area contributed by atoms with E-state index in [0.29, 0.717) is 0 Å². The Balaban J connectivity index is 2.58. The monoisotopic (exact) mass is 152 g/mol. The highest BCUT2D eigenvalue weighted by Crippen LogP contribution is 2.33. The van der Waals surface area contributed by atoms with E-state index in [4.69, 9.17) is 0 Å². The molecule has 0 radical (unpaired) electrons. The minimum atomic E-state index is 0.856. The van der Waals surface area contributed by atoms with Crippen molar-refractivity contribution in [2.45, 2.75) is 40.5 Å². The number of allylic oxidation sites excluding steroid dienone is 2. The van der Waals surface area contributed by atoms with Crippen LogP contribution in [0, 0.1) is 17.8 Å². The van der Waals surface area contributed by atoms with Crippen LogP contribution in [0.2, 0.25) is 0 Å². The van der Waals surface area contributed by atoms with Gasteiger partial charge in [0.2, 0.25) is 0 Å². The SMILES string of the molecule is CC1=CC[C@@H](C(C)C)[C@@H](C)C1. The van der Waals surface area contributed by atoms with Gasteiger partial charge in [0.25, 0.3) is 0 Å². The summed E-state index contributed by atoms with van der Waals surface area (Å²) in [6, 6.07) is 0. The average molecular weight is 152 g/mol. The lowest BCUT2D eigenvalue weighted by Crippen LogP contribution is -2.20. The van der Waals surface area contributed by atoms with Gasteiger partial charge in [-0.25, -0.2) is 0 Å². The van der Waals surface area contributed by atoms with E-state index in [1.807, 2.05) is 0 Å². The van der Waals surface area contributed by atoms with E-state index >= 15 is 0 Å². The quantitative estimate of drug-likeness (QED) is 0.503. The molecule has 0 saturated carbocycles. The Morgan fingerprint density at radius 1 is 1.45 bits per heavy atom. The molecule has 1 rings (SSSR count). The van der Waals surface area contributed by atoms with Gasteiger partial charge in [0, 0.05) is 0 Å². The summed E-state index contributed by atoms with van der Waals surface area (Å²) in [6.07, 6.45) is 5.05. The van der Waals surface area contributed by atoms with Crippen LogP contribution in [0.4, 0.5) is 0 Å². The molecule has 0 aliphatic heterocycles. The summed E-state index contributed by atoms with van der Waals surface area (Å²) in [5, 5.41) is 0. The minimum Gasteiger partial charge on any atom is -0.0853 e. The Kier molecular flexibility index (Phi) is 2.75. The molecule has 1 aliphatic carbocycles. The third-order valence-electron chi connectivity index (χ3n) is 2.97. The molecule has 0 nitrogen and oxygen atoms in total. The molecule has 0 amide bonds. The second-order valence-corrected chi connectivity index (χ2v) is 4.38. The van der Waals surface area contributed by atoms with Crippen LogP contribution in [-0.4, -0.2) is 0 Å². The zero-order chi connectivity index (χ0) is 8.43. The van der Waals surface area contributed by atoms with E-state index in [2.05, 4.69) is 33.8 Å². The molecule has 0 spiro atoms. The molecule has 11 heavy (non-hydrogen) atoms. The maximum atomic E-state index is 2.42. The number of rotatable bonds is 1. The molecule has 64 valence electrons. The first-order valence-corrected chi connectivity index (χ1v) is 4.77. The van der Waals surface area contributed by atoms with Crippen LogP contribution in [0.25, 0.3) is 0 Å². The van der Waals surface area contributed by atoms with Crippen molar-refractivity contribution in [3.63, 3.8) is 0 Å². The maximum absolute atomic E-state index is 2.42. The van der Waals surface area contributed by atoms with Crippen molar-refractivity contribution >= 4 is 0 Å². The van der Waals surface area contributed by atoms with Gasteiger partial charge >= 0.3 is 0 Å². The third-order valence-corrected chi connectivity index (χ3v) is 2.97. The summed E-state index contributed by atoms with van der Waals surface area (Å²) in [6.45, 7) is 9.33. The predicted molar refractivity (Wildman–Crippen MR) is 50.5 cm³/mol. The van der Waals surface area contributed by atoms with Gasteiger partial charge in [-0.3, -0.25) is 0 Å². The highest BCUT2D eigenvalue weighted by molar-refractivity contribution is 5.05.